The van der Waals surface area contributed by atoms with Crippen molar-refractivity contribution in [1.82, 2.24) is 10.0 Å². The van der Waals surface area contributed by atoms with Crippen molar-refractivity contribution in [2.24, 2.45) is 0 Å². The second kappa shape index (κ2) is 6.89. The van der Waals surface area contributed by atoms with Crippen LogP contribution < -0.4 is 14.8 Å². The standard InChI is InChI=1S/C13H19BrN2O3S/c1-20(17,18)16-5-2-4-15-9-11-8-12(14)7-10-3-6-19-13(10)11/h7-8,15-16H,2-6,9H2,1H3. The third-order valence-corrected chi connectivity index (χ3v) is 4.22. The van der Waals surface area contributed by atoms with Crippen molar-refractivity contribution in [1.29, 1.82) is 0 Å². The zero-order valence-electron chi connectivity index (χ0n) is 11.4. The SMILES string of the molecule is CS(=O)(=O)NCCCNCc1cc(Br)cc2c1OCC2. The number of ether oxygens (including phenoxy) is 1. The first kappa shape index (κ1) is 15.8. The predicted octanol–water partition coefficient (Wildman–Crippen LogP) is 1.41. The molecule has 2 rings (SSSR count). The summed E-state index contributed by atoms with van der Waals surface area (Å²) < 4.78 is 31.0. The highest BCUT2D eigenvalue weighted by atomic mass is 79.9. The fourth-order valence-electron chi connectivity index (χ4n) is 2.17. The molecule has 0 radical (unpaired) electrons. The first-order valence-electron chi connectivity index (χ1n) is 6.55. The maximum Gasteiger partial charge on any atom is 0.208 e. The van der Waals surface area contributed by atoms with Crippen LogP contribution in [0.1, 0.15) is 17.5 Å². The van der Waals surface area contributed by atoms with Gasteiger partial charge in [0.05, 0.1) is 12.9 Å². The Morgan fingerprint density at radius 2 is 2.15 bits per heavy atom. The highest BCUT2D eigenvalue weighted by Gasteiger charge is 2.16. The molecule has 0 fully saturated rings. The largest absolute Gasteiger partial charge is 0.493 e. The van der Waals surface area contributed by atoms with Gasteiger partial charge in [-0.05, 0) is 30.7 Å². The summed E-state index contributed by atoms with van der Waals surface area (Å²) in [5.74, 6) is 0.995. The van der Waals surface area contributed by atoms with E-state index in [2.05, 4.69) is 38.1 Å². The van der Waals surface area contributed by atoms with Crippen LogP contribution in [0.15, 0.2) is 16.6 Å². The van der Waals surface area contributed by atoms with E-state index in [0.29, 0.717) is 6.54 Å². The van der Waals surface area contributed by atoms with Crippen LogP contribution >= 0.6 is 15.9 Å². The van der Waals surface area contributed by atoms with Crippen molar-refractivity contribution >= 4 is 26.0 Å². The molecule has 1 heterocycles. The average Bonchev–Trinajstić information content (AvgIpc) is 2.79. The zero-order chi connectivity index (χ0) is 14.6. The van der Waals surface area contributed by atoms with Gasteiger partial charge in [0.15, 0.2) is 0 Å². The highest BCUT2D eigenvalue weighted by molar-refractivity contribution is 9.10. The summed E-state index contributed by atoms with van der Waals surface area (Å²) in [6.07, 6.45) is 2.88. The fraction of sp³-hybridized carbons (Fsp3) is 0.538. The van der Waals surface area contributed by atoms with Gasteiger partial charge < -0.3 is 10.1 Å². The molecule has 0 spiro atoms. The molecule has 0 bridgehead atoms. The molecule has 1 aliphatic rings. The van der Waals surface area contributed by atoms with Gasteiger partial charge in [0.1, 0.15) is 5.75 Å². The fourth-order valence-corrected chi connectivity index (χ4v) is 3.24. The maximum absolute atomic E-state index is 10.9. The van der Waals surface area contributed by atoms with Gasteiger partial charge in [0, 0.05) is 29.5 Å². The van der Waals surface area contributed by atoms with Crippen LogP contribution in [0.4, 0.5) is 0 Å². The minimum absolute atomic E-state index is 0.457. The summed E-state index contributed by atoms with van der Waals surface area (Å²) >= 11 is 3.51. The van der Waals surface area contributed by atoms with Crippen LogP contribution in [0, 0.1) is 0 Å². The summed E-state index contributed by atoms with van der Waals surface area (Å²) in [6, 6.07) is 4.16. The molecule has 5 nitrogen and oxygen atoms in total. The van der Waals surface area contributed by atoms with E-state index >= 15 is 0 Å². The van der Waals surface area contributed by atoms with E-state index < -0.39 is 10.0 Å². The van der Waals surface area contributed by atoms with Crippen LogP contribution in [-0.2, 0) is 23.0 Å². The summed E-state index contributed by atoms with van der Waals surface area (Å²) in [5, 5.41) is 3.31. The van der Waals surface area contributed by atoms with Gasteiger partial charge in [-0.15, -0.1) is 0 Å². The van der Waals surface area contributed by atoms with Gasteiger partial charge >= 0.3 is 0 Å². The number of hydrogen-bond donors (Lipinski definition) is 2. The third kappa shape index (κ3) is 4.73. The third-order valence-electron chi connectivity index (χ3n) is 3.04. The second-order valence-electron chi connectivity index (χ2n) is 4.85. The van der Waals surface area contributed by atoms with Crippen molar-refractivity contribution in [3.63, 3.8) is 0 Å². The Morgan fingerprint density at radius 3 is 2.90 bits per heavy atom. The topological polar surface area (TPSA) is 67.4 Å². The lowest BCUT2D eigenvalue weighted by molar-refractivity contribution is 0.352. The maximum atomic E-state index is 10.9. The molecule has 0 aromatic heterocycles. The van der Waals surface area contributed by atoms with Gasteiger partial charge in [-0.3, -0.25) is 0 Å². The van der Waals surface area contributed by atoms with Gasteiger partial charge in [0.25, 0.3) is 0 Å². The smallest absolute Gasteiger partial charge is 0.208 e. The summed E-state index contributed by atoms with van der Waals surface area (Å²) in [7, 11) is -3.08. The Morgan fingerprint density at radius 1 is 1.35 bits per heavy atom. The van der Waals surface area contributed by atoms with Crippen molar-refractivity contribution in [2.45, 2.75) is 19.4 Å². The molecule has 0 saturated carbocycles. The first-order chi connectivity index (χ1) is 9.46. The van der Waals surface area contributed by atoms with E-state index in [1.807, 2.05) is 0 Å². The molecule has 7 heteroatoms. The second-order valence-corrected chi connectivity index (χ2v) is 7.60. The van der Waals surface area contributed by atoms with Crippen molar-refractivity contribution in [2.75, 3.05) is 26.0 Å². The van der Waals surface area contributed by atoms with Crippen molar-refractivity contribution in [3.05, 3.63) is 27.7 Å². The molecular formula is C13H19BrN2O3S. The van der Waals surface area contributed by atoms with Crippen molar-refractivity contribution < 1.29 is 13.2 Å². The molecule has 0 aliphatic carbocycles. The number of hydrogen-bond acceptors (Lipinski definition) is 4. The van der Waals surface area contributed by atoms with E-state index in [0.717, 1.165) is 48.3 Å². The lowest BCUT2D eigenvalue weighted by Crippen LogP contribution is -2.26. The number of sulfonamides is 1. The van der Waals surface area contributed by atoms with Crippen LogP contribution in [0.3, 0.4) is 0 Å². The molecular weight excluding hydrogens is 344 g/mol. The monoisotopic (exact) mass is 362 g/mol. The lowest BCUT2D eigenvalue weighted by Gasteiger charge is -2.10. The average molecular weight is 363 g/mol. The van der Waals surface area contributed by atoms with Gasteiger partial charge in [-0.1, -0.05) is 15.9 Å². The summed E-state index contributed by atoms with van der Waals surface area (Å²) in [5.41, 5.74) is 2.39. The molecule has 1 aromatic rings. The molecule has 0 saturated heterocycles. The Balaban J connectivity index is 1.78. The quantitative estimate of drug-likeness (QED) is 0.719. The molecule has 1 aromatic carbocycles. The molecule has 20 heavy (non-hydrogen) atoms. The Hall–Kier alpha value is -0.630. The number of nitrogens with one attached hydrogen (secondary N) is 2. The Bertz CT molecular complexity index is 575. The van der Waals surface area contributed by atoms with Gasteiger partial charge in [-0.25, -0.2) is 13.1 Å². The number of halogens is 1. The molecule has 0 atom stereocenters. The molecule has 2 N–H and O–H groups in total. The van der Waals surface area contributed by atoms with E-state index in [1.165, 1.54) is 11.8 Å². The Labute approximate surface area is 128 Å². The Kier molecular flexibility index (Phi) is 5.42. The molecule has 1 aliphatic heterocycles. The van der Waals surface area contributed by atoms with E-state index in [1.54, 1.807) is 0 Å². The summed E-state index contributed by atoms with van der Waals surface area (Å²) in [6.45, 7) is 2.68. The molecule has 0 unspecified atom stereocenters. The van der Waals surface area contributed by atoms with E-state index in [9.17, 15) is 8.42 Å². The first-order valence-corrected chi connectivity index (χ1v) is 9.23. The van der Waals surface area contributed by atoms with Gasteiger partial charge in [-0.2, -0.15) is 0 Å². The zero-order valence-corrected chi connectivity index (χ0v) is 13.8. The van der Waals surface area contributed by atoms with E-state index in [4.69, 9.17) is 4.74 Å². The van der Waals surface area contributed by atoms with Crippen LogP contribution in [0.2, 0.25) is 0 Å². The number of benzene rings is 1. The normalized spacial score (nSPS) is 14.1. The molecule has 0 amide bonds. The summed E-state index contributed by atoms with van der Waals surface area (Å²) in [4.78, 5) is 0. The van der Waals surface area contributed by atoms with E-state index in [-0.39, 0.29) is 0 Å². The lowest BCUT2D eigenvalue weighted by atomic mass is 10.1. The van der Waals surface area contributed by atoms with Gasteiger partial charge in [0.2, 0.25) is 10.0 Å². The highest BCUT2D eigenvalue weighted by Crippen LogP contribution is 2.32. The van der Waals surface area contributed by atoms with Crippen LogP contribution in [0.25, 0.3) is 0 Å². The number of rotatable bonds is 7. The minimum atomic E-state index is -3.08. The predicted molar refractivity (Wildman–Crippen MR) is 82.5 cm³/mol. The van der Waals surface area contributed by atoms with Crippen molar-refractivity contribution in [3.8, 4) is 5.75 Å². The minimum Gasteiger partial charge on any atom is -0.493 e. The van der Waals surface area contributed by atoms with Crippen LogP contribution in [-0.4, -0.2) is 34.4 Å². The van der Waals surface area contributed by atoms with Crippen LogP contribution in [0.5, 0.6) is 5.75 Å². The molecule has 112 valence electrons. The number of fused-ring (bicyclic) bond motifs is 1.